The van der Waals surface area contributed by atoms with E-state index in [1.54, 1.807) is 130 Å². The van der Waals surface area contributed by atoms with Crippen LogP contribution in [0.5, 0.6) is 11.6 Å². The second-order valence-corrected chi connectivity index (χ2v) is 29.9. The zero-order valence-corrected chi connectivity index (χ0v) is 65.6. The highest BCUT2D eigenvalue weighted by Crippen LogP contribution is 2.39. The Balaban J connectivity index is 0.0000000941. The number of carbonyl (C=O) groups is 7. The predicted molar refractivity (Wildman–Crippen MR) is 483 cm³/mol. The summed E-state index contributed by atoms with van der Waals surface area (Å²) in [6.07, 6.45) is 0. The number of hydrogen-bond acceptors (Lipinski definition) is 18. The fourth-order valence-electron chi connectivity index (χ4n) is 16.9. The van der Waals surface area contributed by atoms with Crippen LogP contribution >= 0.6 is 0 Å². The Morgan fingerprint density at radius 2 is 0.714 bits per heavy atom. The van der Waals surface area contributed by atoms with Crippen LogP contribution in [-0.4, -0.2) is 101 Å². The van der Waals surface area contributed by atoms with Gasteiger partial charge in [-0.15, -0.1) is 0 Å². The van der Waals surface area contributed by atoms with Gasteiger partial charge in [0.05, 0.1) is 99.7 Å². The van der Waals surface area contributed by atoms with Crippen LogP contribution in [0.2, 0.25) is 0 Å². The lowest BCUT2D eigenvalue weighted by Crippen LogP contribution is -2.21. The summed E-state index contributed by atoms with van der Waals surface area (Å²) >= 11 is 0. The summed E-state index contributed by atoms with van der Waals surface area (Å²) in [5.41, 5.74) is 15.5. The van der Waals surface area contributed by atoms with Gasteiger partial charge in [0.2, 0.25) is 23.1 Å². The second-order valence-electron chi connectivity index (χ2n) is 29.9. The van der Waals surface area contributed by atoms with Crippen molar-refractivity contribution in [2.24, 2.45) is 9.98 Å². The molecule has 20 aromatic rings. The zero-order chi connectivity index (χ0) is 85.9. The van der Waals surface area contributed by atoms with Crippen LogP contribution in [-0.2, 0) is 9.59 Å². The summed E-state index contributed by atoms with van der Waals surface area (Å²) in [5.74, 6) is -1.51. The van der Waals surface area contributed by atoms with E-state index in [0.29, 0.717) is 139 Å². The predicted octanol–water partition coefficient (Wildman–Crippen LogP) is 15.1. The smallest absolute Gasteiger partial charge is 0.296 e. The van der Waals surface area contributed by atoms with Gasteiger partial charge in [0, 0.05) is 71.4 Å². The van der Waals surface area contributed by atoms with Gasteiger partial charge >= 0.3 is 0 Å². The minimum absolute atomic E-state index is 0.0221. The van der Waals surface area contributed by atoms with Crippen molar-refractivity contribution in [1.82, 2.24) is 38.3 Å². The Morgan fingerprint density at radius 3 is 1.29 bits per heavy atom. The molecule has 0 radical (unpaired) electrons. The topological polar surface area (TPSA) is 356 Å². The first kappa shape index (κ1) is 75.3. The van der Waals surface area contributed by atoms with Crippen LogP contribution in [0.4, 0.5) is 28.4 Å². The maximum Gasteiger partial charge on any atom is 0.296 e. The lowest BCUT2D eigenvalue weighted by Gasteiger charge is -2.04. The largest absolute Gasteiger partial charge is 0.505 e. The van der Waals surface area contributed by atoms with Gasteiger partial charge in [-0.3, -0.25) is 61.3 Å². The molecule has 6 aliphatic rings. The summed E-state index contributed by atoms with van der Waals surface area (Å²) in [6, 6.07) is 95.0. The van der Waals surface area contributed by atoms with Gasteiger partial charge in [0.15, 0.2) is 23.1 Å². The van der Waals surface area contributed by atoms with Crippen molar-refractivity contribution in [2.45, 2.75) is 0 Å². The zero-order valence-electron chi connectivity index (χ0n) is 65.6. The molecule has 126 heavy (non-hydrogen) atoms. The van der Waals surface area contributed by atoms with Crippen LogP contribution in [0.1, 0.15) is 74.4 Å². The standard InChI is InChI=1S/2C23H13N3O2.2C16H10N2O2.C15H8N2O2.C8H5NO2/c27-21-13-7-1-4-10-16(13)24-20(21)19-15-9-3-6-12-18(15)26-22(19)25-17-11-5-2-8-14(17)23(26)28;27-22-20(13-7-1-4-10-16(13)25-22)19-15-9-3-6-12-18(15)26-21(19)24-17-11-5-2-8-14(17)23(26)28;19-15-9-5-1-3-7-11(9)17-13(15)14-16(20)10-6-2-4-8-12(10)18-14;19-15-10-6-2-4-8-12(10)17-14(15)13-9-5-1-3-7-11(9)18-16(13)20;18-13-10-6-2-4-8-12(10)17-14(13)16-11-7-3-1-5-9(11)15(17)19;10-7-5-3-1-2-4-6(5)9-8(7)11/h1-12,24H;1-12H,(H,25,27);1-8,17,19H;1-8,18,20H;1-8H;1-4H,(H,9,10,11)/b2*20-19+;;;;. The molecule has 2 amide bonds. The number of aromatic hydroxyl groups is 2. The van der Waals surface area contributed by atoms with Gasteiger partial charge in [-0.25, -0.2) is 24.9 Å². The van der Waals surface area contributed by atoms with Crippen LogP contribution in [0, 0.1) is 0 Å². The molecule has 6 aliphatic heterocycles. The number of benzene rings is 13. The minimum Gasteiger partial charge on any atom is -0.505 e. The molecular formula is C101H59N13O12. The van der Waals surface area contributed by atoms with Crippen molar-refractivity contribution in [1.29, 1.82) is 0 Å². The number of aromatic nitrogens is 8. The Hall–Kier alpha value is -18.1. The minimum atomic E-state index is -0.536. The van der Waals surface area contributed by atoms with E-state index >= 15 is 0 Å². The Labute approximate surface area is 708 Å². The van der Waals surface area contributed by atoms with Gasteiger partial charge in [0.1, 0.15) is 22.8 Å². The number of hydrogen-bond donors (Lipinski definition) is 7. The van der Waals surface area contributed by atoms with Crippen molar-refractivity contribution in [2.75, 3.05) is 16.0 Å². The van der Waals surface area contributed by atoms with E-state index in [0.717, 1.165) is 55.2 Å². The summed E-state index contributed by atoms with van der Waals surface area (Å²) in [7, 11) is 0. The molecule has 26 rings (SSSR count). The first-order valence-electron chi connectivity index (χ1n) is 39.7. The average Bonchev–Trinajstić information content (AvgIpc) is 1.56. The maximum absolute atomic E-state index is 13.3. The number of aliphatic imine (C=N–C) groups is 2. The molecule has 7 aromatic heterocycles. The number of fused-ring (bicyclic) bond motifs is 19. The van der Waals surface area contributed by atoms with Gasteiger partial charge in [-0.2, -0.15) is 0 Å². The van der Waals surface area contributed by atoms with Crippen LogP contribution in [0.3, 0.4) is 0 Å². The third-order valence-corrected chi connectivity index (χ3v) is 22.7. The van der Waals surface area contributed by atoms with Crippen molar-refractivity contribution >= 4 is 179 Å². The third kappa shape index (κ3) is 12.2. The molecule has 0 spiro atoms. The fraction of sp³-hybridized carbons (Fsp3) is 0. The Kier molecular flexibility index (Phi) is 17.9. The van der Waals surface area contributed by atoms with E-state index < -0.39 is 11.7 Å². The number of para-hydroxylation sites is 13. The average molecular weight is 1650 g/mol. The Bertz CT molecular complexity index is 8690. The van der Waals surface area contributed by atoms with Gasteiger partial charge in [-0.05, 0) is 133 Å². The number of aromatic amines is 2. The molecule has 600 valence electrons. The summed E-state index contributed by atoms with van der Waals surface area (Å²) in [6.45, 7) is 0. The highest BCUT2D eigenvalue weighted by molar-refractivity contribution is 6.57. The fourth-order valence-corrected chi connectivity index (χ4v) is 16.9. The molecule has 25 heteroatoms. The number of nitrogens with one attached hydrogen (secondary N) is 5. The molecule has 0 unspecified atom stereocenters. The SMILES string of the molecule is O=C1/C(=c2/c3ccccc3n3c(=O)c4ccccc4nc23)Nc2ccccc21.O=C1C(c2[nH]c3ccccc3c2O)=Nc2ccccc21.O=C1C(c2c(O)[nH]c3ccccc23)=Nc2ccccc21.O=C1Nc2ccccc2/C1=c1/c2ccccc2n2c(=O)c3ccccc3nc12.O=C1Nc2ccccc2C1=O.O=C1c2ccccc2-n2c1nc1ccccc1c2=O. The molecular weight excluding hydrogens is 1590 g/mol. The normalized spacial score (nSPS) is 14.3. The first-order chi connectivity index (χ1) is 61.5. The third-order valence-electron chi connectivity index (χ3n) is 22.7. The molecule has 13 heterocycles. The number of rotatable bonds is 2. The number of H-pyrrole nitrogens is 2. The summed E-state index contributed by atoms with van der Waals surface area (Å²) < 4.78 is 4.63. The number of nitrogens with zero attached hydrogens (tertiary/aromatic N) is 8. The highest BCUT2D eigenvalue weighted by Gasteiger charge is 2.35. The first-order valence-corrected chi connectivity index (χ1v) is 39.7. The van der Waals surface area contributed by atoms with Crippen molar-refractivity contribution in [3.8, 4) is 17.3 Å². The van der Waals surface area contributed by atoms with E-state index in [9.17, 15) is 58.2 Å². The molecule has 0 saturated carbocycles. The van der Waals surface area contributed by atoms with E-state index in [2.05, 4.69) is 40.9 Å². The van der Waals surface area contributed by atoms with E-state index in [4.69, 9.17) is 9.97 Å². The number of carbonyl (C=O) groups excluding carboxylic acids is 7. The van der Waals surface area contributed by atoms with Crippen molar-refractivity contribution in [3.05, 3.63) is 407 Å². The molecule has 0 fully saturated rings. The second kappa shape index (κ2) is 30.0. The molecule has 13 aromatic carbocycles. The maximum atomic E-state index is 13.3. The monoisotopic (exact) mass is 1650 g/mol. The summed E-state index contributed by atoms with van der Waals surface area (Å²) in [5, 5.41) is 35.2. The highest BCUT2D eigenvalue weighted by atomic mass is 16.3. The number of ketones is 5. The van der Waals surface area contributed by atoms with Gasteiger partial charge in [-0.1, -0.05) is 182 Å². The molecule has 0 saturated heterocycles. The molecule has 0 aliphatic carbocycles. The number of Topliss-reactive ketones (excluding diaryl/α,β-unsaturated/α-hetero) is 4. The molecule has 7 N–H and O–H groups in total. The molecule has 0 atom stereocenters. The van der Waals surface area contributed by atoms with Crippen LogP contribution < -0.4 is 43.1 Å². The van der Waals surface area contributed by atoms with E-state index in [1.807, 2.05) is 194 Å². The molecule has 0 bridgehead atoms. The van der Waals surface area contributed by atoms with E-state index in [-0.39, 0.29) is 68.9 Å². The van der Waals surface area contributed by atoms with Crippen LogP contribution in [0.25, 0.3) is 105 Å². The van der Waals surface area contributed by atoms with E-state index in [1.165, 1.54) is 4.57 Å². The quantitative estimate of drug-likeness (QED) is 0.0791. The number of anilines is 3. The summed E-state index contributed by atoms with van der Waals surface area (Å²) in [4.78, 5) is 152. The number of amides is 2. The van der Waals surface area contributed by atoms with Crippen LogP contribution in [0.15, 0.2) is 340 Å². The van der Waals surface area contributed by atoms with Crippen molar-refractivity contribution in [3.63, 3.8) is 0 Å². The van der Waals surface area contributed by atoms with Gasteiger partial charge in [0.25, 0.3) is 34.3 Å². The lowest BCUT2D eigenvalue weighted by molar-refractivity contribution is -0.112. The van der Waals surface area contributed by atoms with Crippen molar-refractivity contribution < 1.29 is 43.8 Å². The Morgan fingerprint density at radius 1 is 0.302 bits per heavy atom. The lowest BCUT2D eigenvalue weighted by atomic mass is 10.0. The van der Waals surface area contributed by atoms with Gasteiger partial charge < -0.3 is 36.1 Å². The molecule has 25 nitrogen and oxygen atoms in total.